The quantitative estimate of drug-likeness (QED) is 0.362. The van der Waals surface area contributed by atoms with Crippen LogP contribution in [0.5, 0.6) is 0 Å². The van der Waals surface area contributed by atoms with Crippen molar-refractivity contribution in [3.8, 4) is 0 Å². The third-order valence-corrected chi connectivity index (χ3v) is 4.05. The largest absolute Gasteiger partial charge is 0.480 e. The summed E-state index contributed by atoms with van der Waals surface area (Å²) in [6.45, 7) is 0. The highest BCUT2D eigenvalue weighted by Crippen LogP contribution is 2.59. The molecule has 28 heavy (non-hydrogen) atoms. The van der Waals surface area contributed by atoms with Crippen LogP contribution < -0.4 is 5.73 Å². The molecular weight excluding hydrogens is 451 g/mol. The summed E-state index contributed by atoms with van der Waals surface area (Å²) in [5, 5.41) is 16.8. The van der Waals surface area contributed by atoms with Crippen LogP contribution in [0.2, 0.25) is 0 Å². The average molecular weight is 459 g/mol. The van der Waals surface area contributed by atoms with Gasteiger partial charge in [-0.3, -0.25) is 4.79 Å². The second-order valence-corrected chi connectivity index (χ2v) is 5.96. The van der Waals surface area contributed by atoms with Gasteiger partial charge in [-0.2, -0.15) is 48.3 Å². The lowest BCUT2D eigenvalue weighted by molar-refractivity contribution is -0.417. The van der Waals surface area contributed by atoms with Crippen LogP contribution in [-0.2, 0) is 9.59 Å². The number of carboxylic acid groups (broad SMARTS) is 2. The van der Waals surface area contributed by atoms with E-state index in [1.54, 1.807) is 0 Å². The Labute approximate surface area is 151 Å². The molecule has 0 aromatic heterocycles. The van der Waals surface area contributed by atoms with Crippen molar-refractivity contribution in [3.05, 3.63) is 11.0 Å². The number of alkyl halides is 11. The minimum absolute atomic E-state index is 0.861. The van der Waals surface area contributed by atoms with Crippen LogP contribution in [0, 0.1) is 0 Å². The highest BCUT2D eigenvalue weighted by atomic mass is 32.2. The van der Waals surface area contributed by atoms with Gasteiger partial charge in [0.15, 0.2) is 0 Å². The van der Waals surface area contributed by atoms with Gasteiger partial charge in [0.2, 0.25) is 0 Å². The molecule has 164 valence electrons. The van der Waals surface area contributed by atoms with E-state index in [4.69, 9.17) is 15.9 Å². The van der Waals surface area contributed by atoms with Gasteiger partial charge in [0, 0.05) is 11.8 Å². The van der Waals surface area contributed by atoms with E-state index in [0.29, 0.717) is 0 Å². The third kappa shape index (κ3) is 4.61. The Morgan fingerprint density at radius 3 is 1.61 bits per heavy atom. The summed E-state index contributed by atoms with van der Waals surface area (Å²) in [6.07, 6.45) is -8.25. The number of halogens is 11. The summed E-state index contributed by atoms with van der Waals surface area (Å²) in [7, 11) is 0. The predicted molar refractivity (Wildman–Crippen MR) is 69.6 cm³/mol. The van der Waals surface area contributed by atoms with E-state index in [0.717, 1.165) is 0 Å². The number of thioether (sulfide) groups is 1. The maximum absolute atomic E-state index is 13.8. The van der Waals surface area contributed by atoms with Gasteiger partial charge in [-0.05, 0) is 0 Å². The Bertz CT molecular complexity index is 647. The van der Waals surface area contributed by atoms with E-state index in [1.165, 1.54) is 0 Å². The topological polar surface area (TPSA) is 101 Å². The van der Waals surface area contributed by atoms with E-state index >= 15 is 0 Å². The maximum Gasteiger partial charge on any atom is 0.460 e. The second-order valence-electron chi connectivity index (χ2n) is 4.90. The minimum atomic E-state index is -7.73. The van der Waals surface area contributed by atoms with Crippen molar-refractivity contribution in [3.63, 3.8) is 0 Å². The number of hydrogen-bond acceptors (Lipinski definition) is 4. The molecule has 0 amide bonds. The van der Waals surface area contributed by atoms with Crippen molar-refractivity contribution in [2.24, 2.45) is 5.73 Å². The van der Waals surface area contributed by atoms with Gasteiger partial charge in [-0.25, -0.2) is 4.79 Å². The van der Waals surface area contributed by atoms with Gasteiger partial charge >= 0.3 is 41.8 Å². The lowest BCUT2D eigenvalue weighted by atomic mass is 9.97. The van der Waals surface area contributed by atoms with Gasteiger partial charge in [0.25, 0.3) is 0 Å². The van der Waals surface area contributed by atoms with Crippen molar-refractivity contribution >= 4 is 23.7 Å². The molecule has 0 aromatic carbocycles. The van der Waals surface area contributed by atoms with Crippen molar-refractivity contribution < 1.29 is 68.1 Å². The lowest BCUT2D eigenvalue weighted by Gasteiger charge is -2.37. The standard InChI is InChI=1S/C11H8F11NO4S/c12-7(13,4(1-5(24)25)28-2-3(23)6(26)27)8(14,15)9(16,17)10(18,19)11(20,21)22/h1,3H,2,23H2,(H,24,25)(H,26,27)/b4-1-. The fraction of sp³-hybridized carbons (Fsp3) is 0.636. The molecule has 17 heteroatoms. The first-order valence-electron chi connectivity index (χ1n) is 6.28. The third-order valence-electron chi connectivity index (χ3n) is 2.84. The van der Waals surface area contributed by atoms with Crippen molar-refractivity contribution in [1.29, 1.82) is 0 Å². The zero-order chi connectivity index (χ0) is 22.9. The summed E-state index contributed by atoms with van der Waals surface area (Å²) in [4.78, 5) is 18.2. The molecule has 0 spiro atoms. The van der Waals surface area contributed by atoms with E-state index in [-0.39, 0.29) is 0 Å². The molecule has 0 saturated heterocycles. The fourth-order valence-electron chi connectivity index (χ4n) is 1.31. The normalized spacial score (nSPS) is 16.1. The summed E-state index contributed by atoms with van der Waals surface area (Å²) >= 11 is -0.861. The van der Waals surface area contributed by atoms with E-state index < -0.39 is 76.3 Å². The van der Waals surface area contributed by atoms with E-state index in [1.807, 2.05) is 0 Å². The molecule has 0 aromatic rings. The van der Waals surface area contributed by atoms with Gasteiger partial charge < -0.3 is 15.9 Å². The second kappa shape index (κ2) is 7.92. The van der Waals surface area contributed by atoms with Gasteiger partial charge in [-0.15, -0.1) is 11.8 Å². The summed E-state index contributed by atoms with van der Waals surface area (Å²) in [5.74, 6) is -35.2. The highest BCUT2D eigenvalue weighted by molar-refractivity contribution is 8.03. The number of nitrogens with two attached hydrogens (primary N) is 1. The molecule has 0 bridgehead atoms. The molecule has 0 heterocycles. The Morgan fingerprint density at radius 1 is 0.857 bits per heavy atom. The summed E-state index contributed by atoms with van der Waals surface area (Å²) < 4.78 is 143. The number of hydrogen-bond donors (Lipinski definition) is 3. The molecule has 0 rings (SSSR count). The van der Waals surface area contributed by atoms with Crippen LogP contribution in [0.25, 0.3) is 0 Å². The van der Waals surface area contributed by atoms with Crippen molar-refractivity contribution in [1.82, 2.24) is 0 Å². The number of rotatable bonds is 9. The molecule has 0 saturated carbocycles. The number of aliphatic carboxylic acids is 2. The molecule has 0 aliphatic heterocycles. The summed E-state index contributed by atoms with van der Waals surface area (Å²) in [5.41, 5.74) is 4.82. The maximum atomic E-state index is 13.8. The molecule has 0 aliphatic rings. The Kier molecular flexibility index (Phi) is 7.42. The average Bonchev–Trinajstić information content (AvgIpc) is 2.48. The van der Waals surface area contributed by atoms with Crippen LogP contribution in [0.4, 0.5) is 48.3 Å². The van der Waals surface area contributed by atoms with E-state index in [2.05, 4.69) is 0 Å². The molecule has 0 radical (unpaired) electrons. The molecule has 1 unspecified atom stereocenters. The zero-order valence-electron chi connectivity index (χ0n) is 12.7. The summed E-state index contributed by atoms with van der Waals surface area (Å²) in [6, 6.07) is -2.14. The minimum Gasteiger partial charge on any atom is -0.480 e. The highest BCUT2D eigenvalue weighted by Gasteiger charge is 2.87. The smallest absolute Gasteiger partial charge is 0.460 e. The first-order chi connectivity index (χ1) is 12.1. The van der Waals surface area contributed by atoms with Crippen LogP contribution in [0.1, 0.15) is 0 Å². The molecule has 0 fully saturated rings. The molecule has 4 N–H and O–H groups in total. The van der Waals surface area contributed by atoms with Crippen LogP contribution in [0.15, 0.2) is 11.0 Å². The SMILES string of the molecule is NC(CS/C(=C\C(=O)O)C(F)(F)C(F)(F)C(F)(F)C(F)(F)C(F)(F)F)C(=O)O. The van der Waals surface area contributed by atoms with Crippen LogP contribution in [-0.4, -0.2) is 63.8 Å². The lowest BCUT2D eigenvalue weighted by Crippen LogP contribution is -2.66. The molecular formula is C11H8F11NO4S. The molecule has 1 atom stereocenters. The van der Waals surface area contributed by atoms with Crippen molar-refractivity contribution in [2.45, 2.75) is 35.9 Å². The Balaban J connectivity index is 6.29. The number of carboxylic acids is 2. The predicted octanol–water partition coefficient (Wildman–Crippen LogP) is 3.20. The van der Waals surface area contributed by atoms with Crippen LogP contribution >= 0.6 is 11.8 Å². The Morgan fingerprint density at radius 2 is 1.29 bits per heavy atom. The van der Waals surface area contributed by atoms with Crippen molar-refractivity contribution in [2.75, 3.05) is 5.75 Å². The van der Waals surface area contributed by atoms with E-state index in [9.17, 15) is 57.9 Å². The Hall–Kier alpha value is -1.78. The number of carbonyl (C=O) groups is 2. The van der Waals surface area contributed by atoms with Crippen LogP contribution in [0.3, 0.4) is 0 Å². The van der Waals surface area contributed by atoms with Gasteiger partial charge in [0.1, 0.15) is 6.04 Å². The molecule has 5 nitrogen and oxygen atoms in total. The fourth-order valence-corrected chi connectivity index (χ4v) is 2.31. The zero-order valence-corrected chi connectivity index (χ0v) is 13.5. The first-order valence-corrected chi connectivity index (χ1v) is 7.27. The first kappa shape index (κ1) is 26.2. The monoisotopic (exact) mass is 459 g/mol. The van der Waals surface area contributed by atoms with Gasteiger partial charge in [0.05, 0.1) is 4.91 Å². The number of allylic oxidation sites excluding steroid dienone is 1. The van der Waals surface area contributed by atoms with Gasteiger partial charge in [-0.1, -0.05) is 0 Å². The molecule has 0 aliphatic carbocycles.